The van der Waals surface area contributed by atoms with E-state index in [1.54, 1.807) is 27.8 Å². The molecule has 0 spiro atoms. The number of rotatable bonds is 2. The van der Waals surface area contributed by atoms with Gasteiger partial charge in [-0.25, -0.2) is 0 Å². The Balaban J connectivity index is 0.000000176. The highest BCUT2D eigenvalue weighted by atomic mass is 28.4. The molecule has 50 heavy (non-hydrogen) atoms. The second-order valence-electron chi connectivity index (χ2n) is 19.4. The molecular weight excluding hydrogens is 621 g/mol. The van der Waals surface area contributed by atoms with E-state index >= 15 is 0 Å². The van der Waals surface area contributed by atoms with Crippen molar-refractivity contribution in [1.82, 2.24) is 0 Å². The summed E-state index contributed by atoms with van der Waals surface area (Å²) in [6, 6.07) is 14.1. The van der Waals surface area contributed by atoms with Gasteiger partial charge in [0.05, 0.1) is 6.10 Å². The van der Waals surface area contributed by atoms with Crippen molar-refractivity contribution in [3.63, 3.8) is 0 Å². The van der Waals surface area contributed by atoms with Crippen LogP contribution in [0.4, 0.5) is 0 Å². The van der Waals surface area contributed by atoms with Gasteiger partial charge in [-0.15, -0.1) is 0 Å². The van der Waals surface area contributed by atoms with E-state index in [1.165, 1.54) is 99.3 Å². The fraction of sp³-hybridized carbons (Fsp3) is 0.625. The zero-order valence-electron chi connectivity index (χ0n) is 32.8. The van der Waals surface area contributed by atoms with E-state index < -0.39 is 8.32 Å². The maximum Gasteiger partial charge on any atom is 0.192 e. The van der Waals surface area contributed by atoms with Gasteiger partial charge in [-0.1, -0.05) is 125 Å². The molecule has 272 valence electrons. The zero-order valence-corrected chi connectivity index (χ0v) is 33.8. The van der Waals surface area contributed by atoms with Gasteiger partial charge in [0, 0.05) is 0 Å². The predicted octanol–water partition coefficient (Wildman–Crippen LogP) is 13.7. The standard InChI is InChI=1S/C26H40OSi.C21H26.CH4/c1-18-8-9-19-10-11-22-20(17-21(19)16-18)14-15-26(5)23(22)12-13-24(26)27-28(6,7)25(2,3)4;1-14-4-6-16-7-8-19-17(13-18(16)12-14)10-11-21(3)15(2)5-9-20(19)21;/h8-9,16,23-24H,10-15,17H2,1-7H3;4,6-8,12,15,20H,5,9-11,13H2,1-3H3;1H4/t23-,24-,26-;15-,20-,21+;/m00./s1. The Kier molecular flexibility index (Phi) is 10.3. The number of aryl methyl sites for hydroxylation is 3. The minimum Gasteiger partial charge on any atom is -0.413 e. The highest BCUT2D eigenvalue weighted by Gasteiger charge is 2.53. The number of fused-ring (bicyclic) bond motifs is 6. The predicted molar refractivity (Wildman–Crippen MR) is 219 cm³/mol. The summed E-state index contributed by atoms with van der Waals surface area (Å²) in [5.74, 6) is 2.45. The van der Waals surface area contributed by atoms with E-state index in [0.717, 1.165) is 17.8 Å². The lowest BCUT2D eigenvalue weighted by Gasteiger charge is -2.47. The van der Waals surface area contributed by atoms with Crippen LogP contribution in [-0.4, -0.2) is 14.4 Å². The Morgan fingerprint density at radius 1 is 0.700 bits per heavy atom. The van der Waals surface area contributed by atoms with Crippen LogP contribution in [0.1, 0.15) is 140 Å². The first-order valence-electron chi connectivity index (χ1n) is 20.1. The molecule has 0 N–H and O–H groups in total. The molecule has 2 aromatic carbocycles. The summed E-state index contributed by atoms with van der Waals surface area (Å²) >= 11 is 0. The second-order valence-corrected chi connectivity index (χ2v) is 24.1. The van der Waals surface area contributed by atoms with Gasteiger partial charge in [0.2, 0.25) is 0 Å². The number of hydrogen-bond acceptors (Lipinski definition) is 1. The fourth-order valence-corrected chi connectivity index (χ4v) is 12.4. The van der Waals surface area contributed by atoms with Crippen LogP contribution in [0.5, 0.6) is 0 Å². The van der Waals surface area contributed by atoms with Crippen LogP contribution in [0.3, 0.4) is 0 Å². The third-order valence-electron chi connectivity index (χ3n) is 15.5. The van der Waals surface area contributed by atoms with Crippen LogP contribution in [0.2, 0.25) is 18.1 Å². The number of hydrogen-bond donors (Lipinski definition) is 0. The second kappa shape index (κ2) is 13.7. The number of benzene rings is 2. The highest BCUT2D eigenvalue weighted by molar-refractivity contribution is 6.74. The molecule has 0 saturated heterocycles. The van der Waals surface area contributed by atoms with E-state index in [9.17, 15) is 0 Å². The molecule has 0 radical (unpaired) electrons. The summed E-state index contributed by atoms with van der Waals surface area (Å²) < 4.78 is 7.04. The number of allylic oxidation sites excluding steroid dienone is 5. The first kappa shape index (κ1) is 37.6. The minimum absolute atomic E-state index is 0. The van der Waals surface area contributed by atoms with Crippen molar-refractivity contribution < 1.29 is 4.43 Å². The van der Waals surface area contributed by atoms with Crippen molar-refractivity contribution in [3.05, 3.63) is 98.1 Å². The van der Waals surface area contributed by atoms with Gasteiger partial charge in [-0.2, -0.15) is 0 Å². The molecule has 2 aromatic rings. The SMILES string of the molecule is C.Cc1ccc2c(c1)CC1=C(C=C2)[C@@H]2CC[C@H](C)[C@@]2(C)CC1.Cc1ccc2c(c1)CC1=C(CC2)[C@@H]2CC[C@H](O[Si](C)(C)C(C)(C)C)[C@@]2(C)CC1. The van der Waals surface area contributed by atoms with Gasteiger partial charge in [0.15, 0.2) is 8.32 Å². The van der Waals surface area contributed by atoms with Crippen molar-refractivity contribution in [1.29, 1.82) is 0 Å². The Morgan fingerprint density at radius 3 is 2.08 bits per heavy atom. The van der Waals surface area contributed by atoms with E-state index in [0.29, 0.717) is 22.0 Å². The van der Waals surface area contributed by atoms with Crippen LogP contribution in [0, 0.1) is 42.4 Å². The highest BCUT2D eigenvalue weighted by Crippen LogP contribution is 2.59. The van der Waals surface area contributed by atoms with Gasteiger partial charge in [-0.3, -0.25) is 0 Å². The van der Waals surface area contributed by atoms with Crippen molar-refractivity contribution in [2.45, 2.75) is 164 Å². The largest absolute Gasteiger partial charge is 0.413 e. The molecule has 6 aliphatic carbocycles. The topological polar surface area (TPSA) is 9.23 Å². The van der Waals surface area contributed by atoms with E-state index in [2.05, 4.69) is 117 Å². The maximum absolute atomic E-state index is 7.04. The van der Waals surface area contributed by atoms with Crippen LogP contribution in [0.15, 0.2) is 64.8 Å². The molecule has 0 unspecified atom stereocenters. The summed E-state index contributed by atoms with van der Waals surface area (Å²) in [7, 11) is -1.72. The molecule has 0 heterocycles. The lowest BCUT2D eigenvalue weighted by atomic mass is 9.63. The summed E-state index contributed by atoms with van der Waals surface area (Å²) in [4.78, 5) is 0. The monoisotopic (exact) mass is 691 g/mol. The molecule has 0 aliphatic heterocycles. The lowest BCUT2D eigenvalue weighted by Crippen LogP contribution is -2.48. The molecule has 6 atom stereocenters. The van der Waals surface area contributed by atoms with Gasteiger partial charge in [0.25, 0.3) is 0 Å². The summed E-state index contributed by atoms with van der Waals surface area (Å²) in [5.41, 5.74) is 16.9. The zero-order chi connectivity index (χ0) is 34.9. The Bertz CT molecular complexity index is 1690. The Morgan fingerprint density at radius 2 is 1.34 bits per heavy atom. The fourth-order valence-electron chi connectivity index (χ4n) is 10.9. The van der Waals surface area contributed by atoms with Crippen LogP contribution >= 0.6 is 0 Å². The van der Waals surface area contributed by atoms with Gasteiger partial charge in [0.1, 0.15) is 0 Å². The summed E-state index contributed by atoms with van der Waals surface area (Å²) in [6.07, 6.45) is 20.9. The van der Waals surface area contributed by atoms with Crippen molar-refractivity contribution >= 4 is 14.4 Å². The molecule has 0 aromatic heterocycles. The third kappa shape index (κ3) is 6.64. The van der Waals surface area contributed by atoms with Gasteiger partial charge < -0.3 is 4.43 Å². The smallest absolute Gasteiger partial charge is 0.192 e. The molecule has 1 nitrogen and oxygen atoms in total. The van der Waals surface area contributed by atoms with Gasteiger partial charge in [-0.05, 0) is 165 Å². The summed E-state index contributed by atoms with van der Waals surface area (Å²) in [6.45, 7) is 24.0. The molecule has 0 amide bonds. The molecule has 8 rings (SSSR count). The normalized spacial score (nSPS) is 31.5. The average Bonchev–Trinajstić information content (AvgIpc) is 3.35. The van der Waals surface area contributed by atoms with Crippen LogP contribution in [-0.2, 0) is 23.7 Å². The van der Waals surface area contributed by atoms with Crippen LogP contribution in [0.25, 0.3) is 6.08 Å². The quantitative estimate of drug-likeness (QED) is 0.225. The lowest BCUT2D eigenvalue weighted by molar-refractivity contribution is 0.0439. The Labute approximate surface area is 308 Å². The first-order valence-corrected chi connectivity index (χ1v) is 23.0. The van der Waals surface area contributed by atoms with Crippen LogP contribution < -0.4 is 0 Å². The molecular formula is C48H70OSi. The van der Waals surface area contributed by atoms with E-state index in [-0.39, 0.29) is 7.43 Å². The van der Waals surface area contributed by atoms with Crippen molar-refractivity contribution in [3.8, 4) is 0 Å². The Hall–Kier alpha value is -2.16. The van der Waals surface area contributed by atoms with Crippen molar-refractivity contribution in [2.24, 2.45) is 28.6 Å². The third-order valence-corrected chi connectivity index (χ3v) is 20.0. The minimum atomic E-state index is -1.72. The van der Waals surface area contributed by atoms with Crippen molar-refractivity contribution in [2.75, 3.05) is 0 Å². The van der Waals surface area contributed by atoms with E-state index in [4.69, 9.17) is 4.43 Å². The maximum atomic E-state index is 7.04. The summed E-state index contributed by atoms with van der Waals surface area (Å²) in [5, 5.41) is 0.294. The molecule has 2 saturated carbocycles. The van der Waals surface area contributed by atoms with E-state index in [1.807, 2.05) is 5.57 Å². The average molecular weight is 691 g/mol. The molecule has 2 fully saturated rings. The van der Waals surface area contributed by atoms with Gasteiger partial charge >= 0.3 is 0 Å². The molecule has 2 heteroatoms. The molecule has 6 aliphatic rings. The first-order chi connectivity index (χ1) is 23.1. The molecule has 0 bridgehead atoms.